The smallest absolute Gasteiger partial charge is 0.269 e. The Kier molecular flexibility index (Phi) is 2.95. The third-order valence-corrected chi connectivity index (χ3v) is 3.52. The minimum atomic E-state index is -0.161. The number of nitrogen functional groups attached to an aromatic ring is 1. The lowest BCUT2D eigenvalue weighted by atomic mass is 9.88. The fraction of sp³-hybridized carbons (Fsp3) is 0.286. The van der Waals surface area contributed by atoms with Crippen molar-refractivity contribution in [2.75, 3.05) is 5.73 Å². The highest BCUT2D eigenvalue weighted by Gasteiger charge is 2.22. The number of nitrogens with zero attached hydrogens (tertiary/aromatic N) is 1. The first kappa shape index (κ1) is 11.8. The van der Waals surface area contributed by atoms with Crippen LogP contribution in [0.2, 0.25) is 0 Å². The Bertz CT molecular complexity index is 605. The first-order valence-electron chi connectivity index (χ1n) is 6.43. The normalized spacial score (nSPS) is 17.8. The molecule has 2 aromatic rings. The molecule has 1 aliphatic rings. The predicted octanol–water partition coefficient (Wildman–Crippen LogP) is 1.80. The Balaban J connectivity index is 1.79. The third-order valence-electron chi connectivity index (χ3n) is 3.52. The lowest BCUT2D eigenvalue weighted by Gasteiger charge is -2.26. The summed E-state index contributed by atoms with van der Waals surface area (Å²) in [4.78, 5) is 12.1. The topological polar surface area (TPSA) is 83.8 Å². The van der Waals surface area contributed by atoms with Crippen LogP contribution in [-0.2, 0) is 6.42 Å². The van der Waals surface area contributed by atoms with Crippen LogP contribution in [0.1, 0.15) is 40.5 Å². The van der Waals surface area contributed by atoms with Crippen molar-refractivity contribution < 1.29 is 4.79 Å². The van der Waals surface area contributed by atoms with Crippen molar-refractivity contribution in [3.05, 3.63) is 47.2 Å². The van der Waals surface area contributed by atoms with Crippen molar-refractivity contribution in [1.82, 2.24) is 15.5 Å². The van der Waals surface area contributed by atoms with Crippen molar-refractivity contribution in [3.8, 4) is 0 Å². The van der Waals surface area contributed by atoms with Crippen molar-refractivity contribution in [3.63, 3.8) is 0 Å². The average Bonchev–Trinajstić information content (AvgIpc) is 2.86. The van der Waals surface area contributed by atoms with E-state index in [4.69, 9.17) is 5.73 Å². The average molecular weight is 256 g/mol. The third kappa shape index (κ3) is 2.31. The molecule has 0 bridgehead atoms. The van der Waals surface area contributed by atoms with Crippen LogP contribution < -0.4 is 11.1 Å². The standard InChI is InChI=1S/C14H16N4O/c15-13-8-12(17-18-13)14(19)16-11-7-3-5-9-4-1-2-6-10(9)11/h1-2,4,6,8,11H,3,5,7H2,(H,16,19)(H3,15,17,18). The number of anilines is 1. The molecule has 0 radical (unpaired) electrons. The molecule has 1 atom stereocenters. The van der Waals surface area contributed by atoms with E-state index in [1.165, 1.54) is 11.1 Å². The number of aromatic nitrogens is 2. The molecule has 5 nitrogen and oxygen atoms in total. The number of nitrogens with one attached hydrogen (secondary N) is 2. The van der Waals surface area contributed by atoms with Gasteiger partial charge in [0.15, 0.2) is 0 Å². The number of fused-ring (bicyclic) bond motifs is 1. The fourth-order valence-electron chi connectivity index (χ4n) is 2.59. The Labute approximate surface area is 111 Å². The van der Waals surface area contributed by atoms with Crippen molar-refractivity contribution in [2.45, 2.75) is 25.3 Å². The number of hydrogen-bond acceptors (Lipinski definition) is 3. The van der Waals surface area contributed by atoms with Gasteiger partial charge in [-0.05, 0) is 30.4 Å². The maximum atomic E-state index is 12.1. The van der Waals surface area contributed by atoms with Gasteiger partial charge in [0, 0.05) is 6.07 Å². The monoisotopic (exact) mass is 256 g/mol. The second-order valence-corrected chi connectivity index (χ2v) is 4.82. The molecule has 3 rings (SSSR count). The Morgan fingerprint density at radius 1 is 1.42 bits per heavy atom. The van der Waals surface area contributed by atoms with Crippen LogP contribution in [0.3, 0.4) is 0 Å². The number of aryl methyl sites for hydroxylation is 1. The summed E-state index contributed by atoms with van der Waals surface area (Å²) in [5.41, 5.74) is 8.45. The molecule has 0 spiro atoms. The number of carbonyl (C=O) groups is 1. The zero-order valence-corrected chi connectivity index (χ0v) is 10.5. The van der Waals surface area contributed by atoms with Crippen LogP contribution in [0, 0.1) is 0 Å². The van der Waals surface area contributed by atoms with Gasteiger partial charge in [0.1, 0.15) is 11.5 Å². The van der Waals surface area contributed by atoms with Gasteiger partial charge in [-0.2, -0.15) is 5.10 Å². The Hall–Kier alpha value is -2.30. The molecule has 1 heterocycles. The van der Waals surface area contributed by atoms with Crippen LogP contribution in [0.25, 0.3) is 0 Å². The highest BCUT2D eigenvalue weighted by atomic mass is 16.2. The summed E-state index contributed by atoms with van der Waals surface area (Å²) in [6.07, 6.45) is 3.14. The molecule has 1 aromatic heterocycles. The second-order valence-electron chi connectivity index (χ2n) is 4.82. The summed E-state index contributed by atoms with van der Waals surface area (Å²) in [5, 5.41) is 9.44. The van der Waals surface area contributed by atoms with Crippen LogP contribution in [-0.4, -0.2) is 16.1 Å². The molecule has 0 saturated heterocycles. The van der Waals surface area contributed by atoms with Gasteiger partial charge in [-0.15, -0.1) is 0 Å². The number of aromatic amines is 1. The zero-order chi connectivity index (χ0) is 13.2. The number of nitrogens with two attached hydrogens (primary N) is 1. The van der Waals surface area contributed by atoms with Crippen LogP contribution >= 0.6 is 0 Å². The van der Waals surface area contributed by atoms with Crippen molar-refractivity contribution >= 4 is 11.7 Å². The number of rotatable bonds is 2. The molecule has 0 saturated carbocycles. The molecule has 1 aromatic carbocycles. The van der Waals surface area contributed by atoms with E-state index >= 15 is 0 Å². The highest BCUT2D eigenvalue weighted by molar-refractivity contribution is 5.93. The summed E-state index contributed by atoms with van der Waals surface area (Å²) in [7, 11) is 0. The summed E-state index contributed by atoms with van der Waals surface area (Å²) in [6, 6.07) is 9.88. The number of hydrogen-bond donors (Lipinski definition) is 3. The van der Waals surface area contributed by atoms with E-state index in [2.05, 4.69) is 27.6 Å². The molecular formula is C14H16N4O. The van der Waals surface area contributed by atoms with Gasteiger partial charge in [-0.3, -0.25) is 9.89 Å². The molecule has 1 amide bonds. The quantitative estimate of drug-likeness (QED) is 0.766. The minimum Gasteiger partial charge on any atom is -0.382 e. The van der Waals surface area contributed by atoms with Gasteiger partial charge in [0.05, 0.1) is 6.04 Å². The predicted molar refractivity (Wildman–Crippen MR) is 72.6 cm³/mol. The van der Waals surface area contributed by atoms with Crippen LogP contribution in [0.4, 0.5) is 5.82 Å². The van der Waals surface area contributed by atoms with E-state index in [1.807, 2.05) is 12.1 Å². The molecule has 19 heavy (non-hydrogen) atoms. The van der Waals surface area contributed by atoms with E-state index in [0.717, 1.165) is 19.3 Å². The number of benzene rings is 1. The molecule has 0 fully saturated rings. The maximum absolute atomic E-state index is 12.1. The van der Waals surface area contributed by atoms with Gasteiger partial charge >= 0.3 is 0 Å². The SMILES string of the molecule is Nc1cc(C(=O)NC2CCCc3ccccc32)[nH]n1. The van der Waals surface area contributed by atoms with Gasteiger partial charge in [0.25, 0.3) is 5.91 Å². The first-order chi connectivity index (χ1) is 9.24. The lowest BCUT2D eigenvalue weighted by Crippen LogP contribution is -2.31. The fourth-order valence-corrected chi connectivity index (χ4v) is 2.59. The van der Waals surface area contributed by atoms with E-state index in [-0.39, 0.29) is 11.9 Å². The molecule has 5 heteroatoms. The van der Waals surface area contributed by atoms with Gasteiger partial charge < -0.3 is 11.1 Å². The summed E-state index contributed by atoms with van der Waals surface area (Å²) in [5.74, 6) is 0.167. The Morgan fingerprint density at radius 2 is 2.26 bits per heavy atom. The van der Waals surface area contributed by atoms with E-state index in [0.29, 0.717) is 11.5 Å². The van der Waals surface area contributed by atoms with E-state index in [9.17, 15) is 4.79 Å². The maximum Gasteiger partial charge on any atom is 0.269 e. The molecule has 0 aliphatic heterocycles. The Morgan fingerprint density at radius 3 is 3.05 bits per heavy atom. The summed E-state index contributed by atoms with van der Waals surface area (Å²) < 4.78 is 0. The van der Waals surface area contributed by atoms with E-state index in [1.54, 1.807) is 6.07 Å². The van der Waals surface area contributed by atoms with Gasteiger partial charge in [0.2, 0.25) is 0 Å². The number of amides is 1. The molecule has 4 N–H and O–H groups in total. The van der Waals surface area contributed by atoms with Gasteiger partial charge in [-0.25, -0.2) is 0 Å². The largest absolute Gasteiger partial charge is 0.382 e. The molecule has 98 valence electrons. The second kappa shape index (κ2) is 4.76. The van der Waals surface area contributed by atoms with Gasteiger partial charge in [-0.1, -0.05) is 24.3 Å². The molecule has 1 aliphatic carbocycles. The molecular weight excluding hydrogens is 240 g/mol. The van der Waals surface area contributed by atoms with Crippen LogP contribution in [0.15, 0.2) is 30.3 Å². The minimum absolute atomic E-state index is 0.0713. The first-order valence-corrected chi connectivity index (χ1v) is 6.43. The number of H-pyrrole nitrogens is 1. The van der Waals surface area contributed by atoms with E-state index < -0.39 is 0 Å². The highest BCUT2D eigenvalue weighted by Crippen LogP contribution is 2.29. The lowest BCUT2D eigenvalue weighted by molar-refractivity contribution is 0.0927. The van der Waals surface area contributed by atoms with Crippen molar-refractivity contribution in [1.29, 1.82) is 0 Å². The number of carbonyl (C=O) groups excluding carboxylic acids is 1. The zero-order valence-electron chi connectivity index (χ0n) is 10.5. The summed E-state index contributed by atoms with van der Waals surface area (Å²) >= 11 is 0. The van der Waals surface area contributed by atoms with Crippen molar-refractivity contribution in [2.24, 2.45) is 0 Å². The van der Waals surface area contributed by atoms with Crippen LogP contribution in [0.5, 0.6) is 0 Å². The summed E-state index contributed by atoms with van der Waals surface area (Å²) in [6.45, 7) is 0. The molecule has 1 unspecified atom stereocenters.